The van der Waals surface area contributed by atoms with Gasteiger partial charge < -0.3 is 24.8 Å². The molecular formula is C40H37N5O6. The number of nitrogens with zero attached hydrogens (tertiary/aromatic N) is 3. The number of ether oxygens (including phenoxy) is 2. The number of amides is 3. The van der Waals surface area contributed by atoms with E-state index < -0.39 is 41.5 Å². The van der Waals surface area contributed by atoms with Crippen LogP contribution in [0.3, 0.4) is 0 Å². The molecule has 258 valence electrons. The van der Waals surface area contributed by atoms with Crippen molar-refractivity contribution < 1.29 is 29.0 Å². The molecule has 3 amide bonds. The monoisotopic (exact) mass is 683 g/mol. The van der Waals surface area contributed by atoms with Gasteiger partial charge in [0.15, 0.2) is 0 Å². The third-order valence-corrected chi connectivity index (χ3v) is 9.40. The molecule has 1 aliphatic carbocycles. The van der Waals surface area contributed by atoms with Crippen LogP contribution in [-0.2, 0) is 9.59 Å². The van der Waals surface area contributed by atoms with Gasteiger partial charge in [0.1, 0.15) is 29.2 Å². The molecule has 7 rings (SSSR count). The van der Waals surface area contributed by atoms with Gasteiger partial charge in [0.05, 0.1) is 36.2 Å². The Balaban J connectivity index is 1.25. The fraction of sp³-hybridized carbons (Fsp3) is 0.200. The zero-order valence-corrected chi connectivity index (χ0v) is 27.9. The number of nitrogens with one attached hydrogen (secondary N) is 2. The average Bonchev–Trinajstić information content (AvgIpc) is 3.73. The quantitative estimate of drug-likeness (QED) is 0.106. The third kappa shape index (κ3) is 6.65. The van der Waals surface area contributed by atoms with Gasteiger partial charge in [-0.3, -0.25) is 10.2 Å². The molecule has 11 heteroatoms. The second kappa shape index (κ2) is 13.9. The summed E-state index contributed by atoms with van der Waals surface area (Å²) in [5.41, 5.74) is 5.15. The SMILES string of the molecule is C=C[C@H]1C[C@]1(NC(=O)[C@@H]1C[C@@H](Oc2cc(-c3ccccc3)nc3cc(OC)ccc23)CN1C(=O)N(Nc1ccccc1)c1ccccc1)C(=O)O. The first-order chi connectivity index (χ1) is 24.8. The van der Waals surface area contributed by atoms with Crippen molar-refractivity contribution in [3.63, 3.8) is 0 Å². The minimum atomic E-state index is -1.47. The normalized spacial score (nSPS) is 20.6. The number of hydrogen-bond acceptors (Lipinski definition) is 7. The predicted octanol–water partition coefficient (Wildman–Crippen LogP) is 6.53. The molecule has 2 aliphatic rings. The van der Waals surface area contributed by atoms with E-state index in [1.807, 2.05) is 103 Å². The number of rotatable bonds is 11. The van der Waals surface area contributed by atoms with E-state index in [9.17, 15) is 19.5 Å². The molecule has 1 saturated carbocycles. The Hall–Kier alpha value is -6.36. The van der Waals surface area contributed by atoms with E-state index in [1.165, 1.54) is 16.0 Å². The van der Waals surface area contributed by atoms with E-state index in [1.54, 1.807) is 19.2 Å². The van der Waals surface area contributed by atoms with Gasteiger partial charge in [0.25, 0.3) is 0 Å². The van der Waals surface area contributed by atoms with Gasteiger partial charge in [0.2, 0.25) is 5.91 Å². The van der Waals surface area contributed by atoms with Crippen LogP contribution in [0.15, 0.2) is 128 Å². The van der Waals surface area contributed by atoms with Gasteiger partial charge in [0, 0.05) is 35.4 Å². The smallest absolute Gasteiger partial charge is 0.344 e. The number of fused-ring (bicyclic) bond motifs is 1. The Kier molecular flexibility index (Phi) is 9.01. The van der Waals surface area contributed by atoms with E-state index in [0.29, 0.717) is 34.1 Å². The lowest BCUT2D eigenvalue weighted by molar-refractivity contribution is -0.144. The van der Waals surface area contributed by atoms with E-state index in [4.69, 9.17) is 14.5 Å². The number of pyridine rings is 1. The summed E-state index contributed by atoms with van der Waals surface area (Å²) >= 11 is 0. The number of carboxylic acids is 1. The second-order valence-corrected chi connectivity index (χ2v) is 12.6. The van der Waals surface area contributed by atoms with Gasteiger partial charge in [-0.2, -0.15) is 0 Å². The predicted molar refractivity (Wildman–Crippen MR) is 194 cm³/mol. The number of carbonyl (C=O) groups excluding carboxylic acids is 2. The molecule has 4 atom stereocenters. The Morgan fingerprint density at radius 1 is 0.961 bits per heavy atom. The van der Waals surface area contributed by atoms with E-state index in [2.05, 4.69) is 17.3 Å². The lowest BCUT2D eigenvalue weighted by Gasteiger charge is -2.32. The number of methoxy groups -OCH3 is 1. The molecule has 1 saturated heterocycles. The Morgan fingerprint density at radius 3 is 2.29 bits per heavy atom. The van der Waals surface area contributed by atoms with Crippen LogP contribution in [0.5, 0.6) is 11.5 Å². The van der Waals surface area contributed by atoms with E-state index in [-0.39, 0.29) is 19.4 Å². The summed E-state index contributed by atoms with van der Waals surface area (Å²) in [6.07, 6.45) is 1.23. The molecule has 0 bridgehead atoms. The average molecular weight is 684 g/mol. The van der Waals surface area contributed by atoms with Crippen LogP contribution in [0, 0.1) is 5.92 Å². The Labute approximate surface area is 295 Å². The minimum absolute atomic E-state index is 0.0440. The maximum Gasteiger partial charge on any atom is 0.344 e. The number of hydrogen-bond donors (Lipinski definition) is 3. The molecule has 11 nitrogen and oxygen atoms in total. The first kappa shape index (κ1) is 33.2. The fourth-order valence-electron chi connectivity index (χ4n) is 6.57. The highest BCUT2D eigenvalue weighted by molar-refractivity contribution is 5.99. The summed E-state index contributed by atoms with van der Waals surface area (Å²) in [4.78, 5) is 47.4. The van der Waals surface area contributed by atoms with Crippen molar-refractivity contribution in [3.8, 4) is 22.8 Å². The second-order valence-electron chi connectivity index (χ2n) is 12.6. The van der Waals surface area contributed by atoms with Crippen LogP contribution in [0.25, 0.3) is 22.2 Å². The number of carboxylic acid groups (broad SMARTS) is 1. The number of urea groups is 1. The third-order valence-electron chi connectivity index (χ3n) is 9.40. The molecule has 2 fully saturated rings. The molecular weight excluding hydrogens is 646 g/mol. The number of anilines is 2. The molecule has 1 aromatic heterocycles. The number of hydrazine groups is 1. The Bertz CT molecular complexity index is 2080. The van der Waals surface area contributed by atoms with Gasteiger partial charge in [-0.25, -0.2) is 19.6 Å². The van der Waals surface area contributed by atoms with Crippen molar-refractivity contribution in [1.82, 2.24) is 15.2 Å². The van der Waals surface area contributed by atoms with Crippen LogP contribution in [-0.4, -0.2) is 64.2 Å². The van der Waals surface area contributed by atoms with Gasteiger partial charge in [-0.1, -0.05) is 72.8 Å². The summed E-state index contributed by atoms with van der Waals surface area (Å²) in [7, 11) is 1.59. The molecule has 2 heterocycles. The summed E-state index contributed by atoms with van der Waals surface area (Å²) in [5.74, 6) is -0.985. The maximum absolute atomic E-state index is 14.6. The van der Waals surface area contributed by atoms with Crippen LogP contribution in [0.1, 0.15) is 12.8 Å². The largest absolute Gasteiger partial charge is 0.497 e. The van der Waals surface area contributed by atoms with E-state index in [0.717, 1.165) is 10.9 Å². The summed E-state index contributed by atoms with van der Waals surface area (Å²) < 4.78 is 12.2. The van der Waals surface area contributed by atoms with Gasteiger partial charge in [-0.05, 0) is 42.8 Å². The van der Waals surface area contributed by atoms with Crippen LogP contribution < -0.4 is 25.2 Å². The summed E-state index contributed by atoms with van der Waals surface area (Å²) in [5, 5.41) is 15.0. The minimum Gasteiger partial charge on any atom is -0.497 e. The highest BCUT2D eigenvalue weighted by atomic mass is 16.5. The summed E-state index contributed by atoms with van der Waals surface area (Å²) in [6, 6.07) is 33.8. The number of para-hydroxylation sites is 2. The highest BCUT2D eigenvalue weighted by Gasteiger charge is 2.61. The van der Waals surface area contributed by atoms with Crippen molar-refractivity contribution in [3.05, 3.63) is 128 Å². The zero-order chi connectivity index (χ0) is 35.5. The van der Waals surface area contributed by atoms with Crippen molar-refractivity contribution >= 4 is 40.2 Å². The number of aromatic nitrogens is 1. The number of aliphatic carboxylic acids is 1. The number of benzene rings is 4. The van der Waals surface area contributed by atoms with Crippen molar-refractivity contribution in [2.75, 3.05) is 24.1 Å². The topological polar surface area (TPSA) is 133 Å². The molecule has 0 unspecified atom stereocenters. The zero-order valence-electron chi connectivity index (χ0n) is 27.9. The molecule has 0 radical (unpaired) electrons. The number of likely N-dealkylation sites (tertiary alicyclic amines) is 1. The van der Waals surface area contributed by atoms with E-state index >= 15 is 0 Å². The molecule has 5 aromatic rings. The van der Waals surface area contributed by atoms with Crippen molar-refractivity contribution in [2.45, 2.75) is 30.5 Å². The highest BCUT2D eigenvalue weighted by Crippen LogP contribution is 2.45. The van der Waals surface area contributed by atoms with Gasteiger partial charge >= 0.3 is 12.0 Å². The first-order valence-corrected chi connectivity index (χ1v) is 16.7. The standard InChI is InChI=1S/C40H37N5O6/c1-3-27-24-40(27,38(47)48)42-37(46)35-22-31(25-44(35)39(49)45(29-17-11-6-12-18-29)43-28-15-9-5-10-16-28)51-36-23-33(26-13-7-4-8-14-26)41-34-21-30(50-2)19-20-32(34)36/h3-21,23,27,31,35,43H,1,22,24-25H2,2H3,(H,42,46)(H,47,48)/t27-,31+,35-,40+/m0/s1. The van der Waals surface area contributed by atoms with Gasteiger partial charge in [-0.15, -0.1) is 6.58 Å². The molecule has 4 aromatic carbocycles. The molecule has 1 aliphatic heterocycles. The first-order valence-electron chi connectivity index (χ1n) is 16.7. The maximum atomic E-state index is 14.6. The molecule has 3 N–H and O–H groups in total. The van der Waals surface area contributed by atoms with Crippen LogP contribution in [0.2, 0.25) is 0 Å². The van der Waals surface area contributed by atoms with Crippen molar-refractivity contribution in [2.24, 2.45) is 5.92 Å². The lowest BCUT2D eigenvalue weighted by atomic mass is 10.1. The molecule has 51 heavy (non-hydrogen) atoms. The van der Waals surface area contributed by atoms with Crippen LogP contribution in [0.4, 0.5) is 16.2 Å². The Morgan fingerprint density at radius 2 is 1.65 bits per heavy atom. The summed E-state index contributed by atoms with van der Waals surface area (Å²) in [6.45, 7) is 3.79. The number of carbonyl (C=O) groups is 3. The molecule has 0 spiro atoms. The fourth-order valence-corrected chi connectivity index (χ4v) is 6.57. The lowest BCUT2D eigenvalue weighted by Crippen LogP contribution is -2.56. The van der Waals surface area contributed by atoms with Crippen molar-refractivity contribution in [1.29, 1.82) is 0 Å². The van der Waals surface area contributed by atoms with Crippen LogP contribution >= 0.6 is 0 Å².